The standard InChI is InChI=1S/C12H16N6O4S/c1-23(21,22)16-6-4-9(5-7-16)14-10-2-3-11-13-8-12(18(19)20)17(11)15-10/h2-3,8-9H,4-7H2,1H3,(H,14,15). The van der Waals surface area contributed by atoms with E-state index in [1.807, 2.05) is 0 Å². The first-order valence-electron chi connectivity index (χ1n) is 7.05. The van der Waals surface area contributed by atoms with Crippen molar-refractivity contribution in [1.82, 2.24) is 18.9 Å². The quantitative estimate of drug-likeness (QED) is 0.634. The van der Waals surface area contributed by atoms with Crippen LogP contribution in [0.1, 0.15) is 12.8 Å². The molecule has 0 spiro atoms. The lowest BCUT2D eigenvalue weighted by Crippen LogP contribution is -2.41. The van der Waals surface area contributed by atoms with E-state index in [0.717, 1.165) is 6.20 Å². The minimum Gasteiger partial charge on any atom is -0.364 e. The fourth-order valence-corrected chi connectivity index (χ4v) is 3.48. The minimum absolute atomic E-state index is 0.0699. The summed E-state index contributed by atoms with van der Waals surface area (Å²) in [6.07, 6.45) is 3.67. The van der Waals surface area contributed by atoms with E-state index in [9.17, 15) is 18.5 Å². The topological polar surface area (TPSA) is 123 Å². The van der Waals surface area contributed by atoms with Gasteiger partial charge in [-0.25, -0.2) is 17.7 Å². The highest BCUT2D eigenvalue weighted by Gasteiger charge is 2.25. The van der Waals surface area contributed by atoms with Crippen LogP contribution in [-0.2, 0) is 10.0 Å². The molecule has 1 N–H and O–H groups in total. The Morgan fingerprint density at radius 3 is 2.65 bits per heavy atom. The summed E-state index contributed by atoms with van der Waals surface area (Å²) >= 11 is 0. The largest absolute Gasteiger partial charge is 0.368 e. The highest BCUT2D eigenvalue weighted by atomic mass is 32.2. The molecule has 0 aromatic carbocycles. The summed E-state index contributed by atoms with van der Waals surface area (Å²) in [5, 5.41) is 18.3. The molecule has 1 fully saturated rings. The van der Waals surface area contributed by atoms with Gasteiger partial charge in [-0.15, -0.1) is 0 Å². The van der Waals surface area contributed by atoms with Crippen molar-refractivity contribution < 1.29 is 13.3 Å². The maximum Gasteiger partial charge on any atom is 0.368 e. The van der Waals surface area contributed by atoms with E-state index in [1.54, 1.807) is 12.1 Å². The average Bonchev–Trinajstić information content (AvgIpc) is 2.90. The number of rotatable bonds is 4. The van der Waals surface area contributed by atoms with Gasteiger partial charge in [0.1, 0.15) is 6.20 Å². The smallest absolute Gasteiger partial charge is 0.364 e. The number of nitrogens with zero attached hydrogens (tertiary/aromatic N) is 5. The van der Waals surface area contributed by atoms with Gasteiger partial charge in [-0.3, -0.25) is 0 Å². The molecule has 0 unspecified atom stereocenters. The Balaban J connectivity index is 1.73. The van der Waals surface area contributed by atoms with Gasteiger partial charge in [0.2, 0.25) is 15.7 Å². The lowest BCUT2D eigenvalue weighted by Gasteiger charge is -2.30. The molecule has 0 aliphatic carbocycles. The molecule has 2 aromatic rings. The van der Waals surface area contributed by atoms with Gasteiger partial charge in [-0.1, -0.05) is 9.61 Å². The third kappa shape index (κ3) is 3.24. The molecule has 0 amide bonds. The Kier molecular flexibility index (Phi) is 3.90. The molecule has 124 valence electrons. The first kappa shape index (κ1) is 15.6. The first-order valence-corrected chi connectivity index (χ1v) is 8.90. The van der Waals surface area contributed by atoms with Crippen LogP contribution in [0, 0.1) is 10.1 Å². The normalized spacial score (nSPS) is 17.4. The van der Waals surface area contributed by atoms with E-state index >= 15 is 0 Å². The second-order valence-electron chi connectivity index (χ2n) is 5.44. The van der Waals surface area contributed by atoms with Gasteiger partial charge in [-0.2, -0.15) is 0 Å². The SMILES string of the molecule is CS(=O)(=O)N1CCC(Nc2ccc3ncc([N+](=O)[O-])n3n2)CC1. The Morgan fingerprint density at radius 1 is 1.35 bits per heavy atom. The number of aromatic nitrogens is 3. The van der Waals surface area contributed by atoms with Gasteiger partial charge in [0.25, 0.3) is 0 Å². The number of imidazole rings is 1. The lowest BCUT2D eigenvalue weighted by atomic mass is 10.1. The van der Waals surface area contributed by atoms with Crippen molar-refractivity contribution in [1.29, 1.82) is 0 Å². The summed E-state index contributed by atoms with van der Waals surface area (Å²) in [7, 11) is -3.16. The van der Waals surface area contributed by atoms with E-state index in [-0.39, 0.29) is 11.9 Å². The van der Waals surface area contributed by atoms with Crippen LogP contribution in [0.15, 0.2) is 18.3 Å². The van der Waals surface area contributed by atoms with Crippen LogP contribution in [-0.4, -0.2) is 57.6 Å². The van der Waals surface area contributed by atoms with Crippen LogP contribution in [0.5, 0.6) is 0 Å². The zero-order valence-corrected chi connectivity index (χ0v) is 13.2. The molecule has 10 nitrogen and oxygen atoms in total. The minimum atomic E-state index is -3.16. The van der Waals surface area contributed by atoms with Crippen molar-refractivity contribution in [2.45, 2.75) is 18.9 Å². The van der Waals surface area contributed by atoms with Gasteiger partial charge in [0.15, 0.2) is 5.82 Å². The second-order valence-corrected chi connectivity index (χ2v) is 7.43. The third-order valence-electron chi connectivity index (χ3n) is 3.81. The highest BCUT2D eigenvalue weighted by Crippen LogP contribution is 2.19. The van der Waals surface area contributed by atoms with E-state index in [0.29, 0.717) is 37.4 Å². The molecule has 3 heterocycles. The molecule has 0 radical (unpaired) electrons. The van der Waals surface area contributed by atoms with Gasteiger partial charge >= 0.3 is 5.82 Å². The van der Waals surface area contributed by atoms with Crippen LogP contribution in [0.2, 0.25) is 0 Å². The number of nitro groups is 1. The van der Waals surface area contributed by atoms with E-state index in [2.05, 4.69) is 15.4 Å². The van der Waals surface area contributed by atoms with Crippen LogP contribution in [0.25, 0.3) is 5.65 Å². The Bertz CT molecular complexity index is 840. The molecule has 0 saturated carbocycles. The van der Waals surface area contributed by atoms with Gasteiger partial charge in [-0.05, 0) is 23.8 Å². The molecule has 11 heteroatoms. The van der Waals surface area contributed by atoms with Crippen molar-refractivity contribution >= 4 is 27.3 Å². The average molecular weight is 340 g/mol. The zero-order chi connectivity index (χ0) is 16.6. The van der Waals surface area contributed by atoms with Crippen molar-refractivity contribution in [2.24, 2.45) is 0 Å². The molecule has 23 heavy (non-hydrogen) atoms. The van der Waals surface area contributed by atoms with E-state index in [4.69, 9.17) is 0 Å². The van der Waals surface area contributed by atoms with Gasteiger partial charge < -0.3 is 15.4 Å². The summed E-state index contributed by atoms with van der Waals surface area (Å²) in [6, 6.07) is 3.42. The summed E-state index contributed by atoms with van der Waals surface area (Å²) in [5.41, 5.74) is 0.397. The fourth-order valence-electron chi connectivity index (χ4n) is 2.60. The molecule has 0 atom stereocenters. The number of piperidine rings is 1. The number of anilines is 1. The molecule has 1 aliphatic heterocycles. The Labute approximate surface area is 132 Å². The van der Waals surface area contributed by atoms with Crippen molar-refractivity contribution in [2.75, 3.05) is 24.7 Å². The van der Waals surface area contributed by atoms with Gasteiger partial charge in [0, 0.05) is 25.2 Å². The van der Waals surface area contributed by atoms with Crippen LogP contribution in [0.4, 0.5) is 11.6 Å². The fraction of sp³-hybridized carbons (Fsp3) is 0.500. The second kappa shape index (κ2) is 5.74. The first-order chi connectivity index (χ1) is 10.8. The van der Waals surface area contributed by atoms with Crippen molar-refractivity contribution in [3.8, 4) is 0 Å². The monoisotopic (exact) mass is 340 g/mol. The molecule has 1 aliphatic rings. The molecule has 3 rings (SSSR count). The summed E-state index contributed by atoms with van der Waals surface area (Å²) in [5.74, 6) is 0.298. The predicted octanol–water partition coefficient (Wildman–Crippen LogP) is 0.473. The molecular weight excluding hydrogens is 324 g/mol. The third-order valence-corrected chi connectivity index (χ3v) is 5.11. The molecule has 1 saturated heterocycles. The number of nitrogens with one attached hydrogen (secondary N) is 1. The summed E-state index contributed by atoms with van der Waals surface area (Å²) in [6.45, 7) is 0.897. The summed E-state index contributed by atoms with van der Waals surface area (Å²) in [4.78, 5) is 14.3. The number of fused-ring (bicyclic) bond motifs is 1. The predicted molar refractivity (Wildman–Crippen MR) is 82.7 cm³/mol. The number of hydrogen-bond donors (Lipinski definition) is 1. The maximum absolute atomic E-state index is 11.5. The van der Waals surface area contributed by atoms with Crippen LogP contribution in [0.3, 0.4) is 0 Å². The highest BCUT2D eigenvalue weighted by molar-refractivity contribution is 7.88. The molecule has 0 bridgehead atoms. The van der Waals surface area contributed by atoms with E-state index < -0.39 is 14.9 Å². The van der Waals surface area contributed by atoms with Crippen molar-refractivity contribution in [3.63, 3.8) is 0 Å². The Morgan fingerprint density at radius 2 is 2.04 bits per heavy atom. The van der Waals surface area contributed by atoms with Crippen molar-refractivity contribution in [3.05, 3.63) is 28.4 Å². The zero-order valence-electron chi connectivity index (χ0n) is 12.4. The number of sulfonamides is 1. The van der Waals surface area contributed by atoms with Crippen LogP contribution >= 0.6 is 0 Å². The van der Waals surface area contributed by atoms with Gasteiger partial charge in [0.05, 0.1) is 6.26 Å². The maximum atomic E-state index is 11.5. The Hall–Kier alpha value is -2.27. The van der Waals surface area contributed by atoms with E-state index in [1.165, 1.54) is 15.1 Å². The van der Waals surface area contributed by atoms with Crippen LogP contribution < -0.4 is 5.32 Å². The lowest BCUT2D eigenvalue weighted by molar-refractivity contribution is -0.391. The molecular formula is C12H16N6O4S. The number of hydrogen-bond acceptors (Lipinski definition) is 7. The summed E-state index contributed by atoms with van der Waals surface area (Å²) < 4.78 is 25.6. The molecule has 2 aromatic heterocycles.